The van der Waals surface area contributed by atoms with Gasteiger partial charge in [-0.15, -0.1) is 0 Å². The number of hydrogen-bond acceptors (Lipinski definition) is 3. The lowest BCUT2D eigenvalue weighted by Crippen LogP contribution is -2.36. The van der Waals surface area contributed by atoms with E-state index in [0.717, 1.165) is 13.0 Å². The summed E-state index contributed by atoms with van der Waals surface area (Å²) < 4.78 is 15.5. The van der Waals surface area contributed by atoms with Crippen LogP contribution in [0.5, 0.6) is 0 Å². The highest BCUT2D eigenvalue weighted by Gasteiger charge is 2.34. The van der Waals surface area contributed by atoms with Crippen LogP contribution in [0.15, 0.2) is 0 Å². The third-order valence-corrected chi connectivity index (χ3v) is 1.91. The molecule has 1 fully saturated rings. The predicted molar refractivity (Wildman–Crippen MR) is 37.1 cm³/mol. The maximum absolute atomic E-state index is 5.29. The summed E-state index contributed by atoms with van der Waals surface area (Å²) in [5, 5.41) is 0. The zero-order valence-electron chi connectivity index (χ0n) is 6.55. The summed E-state index contributed by atoms with van der Waals surface area (Å²) in [5.74, 6) is 0. The molecule has 3 nitrogen and oxygen atoms in total. The molecule has 1 saturated heterocycles. The summed E-state index contributed by atoms with van der Waals surface area (Å²) in [6, 6.07) is 0. The van der Waals surface area contributed by atoms with Gasteiger partial charge in [-0.05, 0) is 0 Å². The van der Waals surface area contributed by atoms with E-state index in [0.29, 0.717) is 13.2 Å². The molecule has 1 atom stereocenters. The molecule has 0 bridgehead atoms. The monoisotopic (exact) mass is 146 g/mol. The van der Waals surface area contributed by atoms with Crippen LogP contribution in [0.4, 0.5) is 0 Å². The quantitative estimate of drug-likeness (QED) is 0.578. The molecular weight excluding hydrogens is 132 g/mol. The van der Waals surface area contributed by atoms with E-state index in [9.17, 15) is 0 Å². The standard InChI is InChI=1S/C7H14O3/c1-8-5-7(9-2)3-4-10-6-7/h3-6H2,1-2H3. The van der Waals surface area contributed by atoms with Crippen molar-refractivity contribution in [1.29, 1.82) is 0 Å². The number of hydrogen-bond donors (Lipinski definition) is 0. The fourth-order valence-corrected chi connectivity index (χ4v) is 1.19. The van der Waals surface area contributed by atoms with Crippen molar-refractivity contribution in [2.45, 2.75) is 12.0 Å². The Balaban J connectivity index is 2.41. The highest BCUT2D eigenvalue weighted by atomic mass is 16.6. The summed E-state index contributed by atoms with van der Waals surface area (Å²) in [5.41, 5.74) is -0.158. The summed E-state index contributed by atoms with van der Waals surface area (Å²) in [7, 11) is 3.38. The average Bonchev–Trinajstić information content (AvgIpc) is 2.39. The minimum Gasteiger partial charge on any atom is -0.382 e. The van der Waals surface area contributed by atoms with Crippen LogP contribution in [0.25, 0.3) is 0 Å². The molecule has 3 heteroatoms. The van der Waals surface area contributed by atoms with E-state index in [1.165, 1.54) is 0 Å². The van der Waals surface area contributed by atoms with Crippen molar-refractivity contribution in [3.05, 3.63) is 0 Å². The van der Waals surface area contributed by atoms with Gasteiger partial charge in [0, 0.05) is 27.2 Å². The Hall–Kier alpha value is -0.120. The van der Waals surface area contributed by atoms with Crippen LogP contribution in [0.1, 0.15) is 6.42 Å². The fraction of sp³-hybridized carbons (Fsp3) is 1.00. The third-order valence-electron chi connectivity index (χ3n) is 1.91. The summed E-state index contributed by atoms with van der Waals surface area (Å²) in [4.78, 5) is 0. The van der Waals surface area contributed by atoms with E-state index in [-0.39, 0.29) is 5.60 Å². The van der Waals surface area contributed by atoms with Crippen LogP contribution in [0, 0.1) is 0 Å². The van der Waals surface area contributed by atoms with E-state index in [1.54, 1.807) is 14.2 Å². The van der Waals surface area contributed by atoms with Gasteiger partial charge in [-0.2, -0.15) is 0 Å². The van der Waals surface area contributed by atoms with Gasteiger partial charge in [-0.1, -0.05) is 0 Å². The third kappa shape index (κ3) is 1.48. The number of ether oxygens (including phenoxy) is 3. The van der Waals surface area contributed by atoms with Crippen molar-refractivity contribution < 1.29 is 14.2 Å². The van der Waals surface area contributed by atoms with Crippen LogP contribution in [0.3, 0.4) is 0 Å². The second-order valence-electron chi connectivity index (χ2n) is 2.62. The normalized spacial score (nSPS) is 33.0. The number of methoxy groups -OCH3 is 2. The second-order valence-corrected chi connectivity index (χ2v) is 2.62. The Morgan fingerprint density at radius 1 is 1.50 bits per heavy atom. The maximum atomic E-state index is 5.29. The van der Waals surface area contributed by atoms with Crippen molar-refractivity contribution in [2.75, 3.05) is 34.0 Å². The predicted octanol–water partition coefficient (Wildman–Crippen LogP) is 0.438. The molecule has 0 amide bonds. The first-order chi connectivity index (χ1) is 4.83. The fourth-order valence-electron chi connectivity index (χ4n) is 1.19. The Bertz CT molecular complexity index is 97.0. The zero-order chi connectivity index (χ0) is 7.45. The van der Waals surface area contributed by atoms with Crippen LogP contribution in [-0.2, 0) is 14.2 Å². The summed E-state index contributed by atoms with van der Waals surface area (Å²) in [6.07, 6.45) is 0.942. The molecule has 0 aromatic rings. The molecule has 0 aromatic heterocycles. The topological polar surface area (TPSA) is 27.7 Å². The summed E-state index contributed by atoms with van der Waals surface area (Å²) in [6.45, 7) is 2.08. The van der Waals surface area contributed by atoms with Gasteiger partial charge >= 0.3 is 0 Å². The van der Waals surface area contributed by atoms with Crippen LogP contribution in [-0.4, -0.2) is 39.6 Å². The molecule has 0 aromatic carbocycles. The van der Waals surface area contributed by atoms with E-state index >= 15 is 0 Å². The van der Waals surface area contributed by atoms with Crippen molar-refractivity contribution >= 4 is 0 Å². The van der Waals surface area contributed by atoms with Gasteiger partial charge in [-0.3, -0.25) is 0 Å². The van der Waals surface area contributed by atoms with E-state index in [2.05, 4.69) is 0 Å². The Morgan fingerprint density at radius 2 is 2.30 bits per heavy atom. The Morgan fingerprint density at radius 3 is 2.70 bits per heavy atom. The van der Waals surface area contributed by atoms with Gasteiger partial charge in [0.1, 0.15) is 5.60 Å². The average molecular weight is 146 g/mol. The lowest BCUT2D eigenvalue weighted by molar-refractivity contribution is -0.0658. The van der Waals surface area contributed by atoms with E-state index in [4.69, 9.17) is 14.2 Å². The highest BCUT2D eigenvalue weighted by molar-refractivity contribution is 4.84. The maximum Gasteiger partial charge on any atom is 0.116 e. The molecule has 1 aliphatic heterocycles. The molecule has 1 heterocycles. The van der Waals surface area contributed by atoms with Crippen LogP contribution >= 0.6 is 0 Å². The molecule has 0 radical (unpaired) electrons. The van der Waals surface area contributed by atoms with Crippen LogP contribution in [0.2, 0.25) is 0 Å². The molecule has 1 aliphatic rings. The summed E-state index contributed by atoms with van der Waals surface area (Å²) >= 11 is 0. The number of rotatable bonds is 3. The van der Waals surface area contributed by atoms with E-state index < -0.39 is 0 Å². The SMILES string of the molecule is COCC1(OC)CCOC1. The molecule has 1 unspecified atom stereocenters. The van der Waals surface area contributed by atoms with Gasteiger partial charge in [0.25, 0.3) is 0 Å². The Kier molecular flexibility index (Phi) is 2.65. The largest absolute Gasteiger partial charge is 0.382 e. The first-order valence-electron chi connectivity index (χ1n) is 3.45. The molecule has 1 rings (SSSR count). The first kappa shape index (κ1) is 7.98. The molecule has 0 saturated carbocycles. The second kappa shape index (κ2) is 3.32. The van der Waals surface area contributed by atoms with E-state index in [1.807, 2.05) is 0 Å². The molecule has 0 spiro atoms. The Labute approximate surface area is 61.3 Å². The van der Waals surface area contributed by atoms with Crippen LogP contribution < -0.4 is 0 Å². The smallest absolute Gasteiger partial charge is 0.116 e. The minimum atomic E-state index is -0.158. The van der Waals surface area contributed by atoms with Gasteiger partial charge in [0.15, 0.2) is 0 Å². The van der Waals surface area contributed by atoms with Crippen molar-refractivity contribution in [1.82, 2.24) is 0 Å². The van der Waals surface area contributed by atoms with Gasteiger partial charge < -0.3 is 14.2 Å². The molecule has 10 heavy (non-hydrogen) atoms. The first-order valence-corrected chi connectivity index (χ1v) is 3.45. The molecule has 60 valence electrons. The van der Waals surface area contributed by atoms with Gasteiger partial charge in [-0.25, -0.2) is 0 Å². The molecule has 0 N–H and O–H groups in total. The molecular formula is C7H14O3. The van der Waals surface area contributed by atoms with Crippen molar-refractivity contribution in [3.8, 4) is 0 Å². The lowest BCUT2D eigenvalue weighted by atomic mass is 10.1. The molecule has 0 aliphatic carbocycles. The minimum absolute atomic E-state index is 0.158. The van der Waals surface area contributed by atoms with Gasteiger partial charge in [0.05, 0.1) is 13.2 Å². The van der Waals surface area contributed by atoms with Crippen molar-refractivity contribution in [3.63, 3.8) is 0 Å². The van der Waals surface area contributed by atoms with Crippen molar-refractivity contribution in [2.24, 2.45) is 0 Å². The van der Waals surface area contributed by atoms with Gasteiger partial charge in [0.2, 0.25) is 0 Å². The highest BCUT2D eigenvalue weighted by Crippen LogP contribution is 2.22. The lowest BCUT2D eigenvalue weighted by Gasteiger charge is -2.23. The zero-order valence-corrected chi connectivity index (χ0v) is 6.55.